The summed E-state index contributed by atoms with van der Waals surface area (Å²) in [5.41, 5.74) is 9.22. The number of H-pyrrole nitrogens is 1. The Balaban J connectivity index is 0.000000285. The number of aliphatic hydroxyl groups is 1. The molecule has 70 heavy (non-hydrogen) atoms. The molecule has 0 bridgehead atoms. The van der Waals surface area contributed by atoms with Gasteiger partial charge < -0.3 is 51.4 Å². The van der Waals surface area contributed by atoms with Gasteiger partial charge in [-0.3, -0.25) is 33.4 Å². The largest absolute Gasteiger partial charge is 0.496 e. The number of benzene rings is 3. The molecule has 4 fully saturated rings. The summed E-state index contributed by atoms with van der Waals surface area (Å²) >= 11 is 5.95. The maximum atomic E-state index is 14.2. The third kappa shape index (κ3) is 11.5. The third-order valence-corrected chi connectivity index (χ3v) is 14.1. The summed E-state index contributed by atoms with van der Waals surface area (Å²) in [6.07, 6.45) is 5.84. The normalized spacial score (nSPS) is 25.5. The molecular formula is C48H66Cl2N8O11S. The van der Waals surface area contributed by atoms with Gasteiger partial charge in [0.05, 0.1) is 35.6 Å². The fraction of sp³-hybridized carbons (Fsp3) is 0.500. The number of rotatable bonds is 11. The zero-order valence-corrected chi connectivity index (χ0v) is 42.6. The van der Waals surface area contributed by atoms with E-state index in [0.717, 1.165) is 37.1 Å². The molecule has 0 saturated carbocycles. The van der Waals surface area contributed by atoms with E-state index in [-0.39, 0.29) is 59.9 Å². The van der Waals surface area contributed by atoms with E-state index in [1.54, 1.807) is 11.0 Å². The average Bonchev–Trinajstić information content (AvgIpc) is 4.02. The number of nitrogens with one attached hydrogen (secondary N) is 3. The van der Waals surface area contributed by atoms with Crippen LogP contribution < -0.4 is 21.1 Å². The average molecular weight is 1030 g/mol. The molecule has 22 heteroatoms. The van der Waals surface area contributed by atoms with Gasteiger partial charge in [0, 0.05) is 67.7 Å². The van der Waals surface area contributed by atoms with Crippen molar-refractivity contribution in [1.29, 1.82) is 0 Å². The molecule has 384 valence electrons. The summed E-state index contributed by atoms with van der Waals surface area (Å²) in [7, 11) is -0.110. The number of nitrogens with two attached hydrogens (primary N) is 1. The van der Waals surface area contributed by atoms with Crippen LogP contribution in [0.1, 0.15) is 73.0 Å². The maximum Gasteiger partial charge on any atom is 0.280 e. The number of ether oxygens (including phenoxy) is 2. The first kappa shape index (κ1) is 55.9. The summed E-state index contributed by atoms with van der Waals surface area (Å²) in [4.78, 5) is 64.8. The van der Waals surface area contributed by atoms with Crippen LogP contribution in [-0.2, 0) is 42.1 Å². The number of aromatic nitrogens is 1. The fourth-order valence-electron chi connectivity index (χ4n) is 10.5. The number of methoxy groups -OCH3 is 1. The topological polar surface area (TPSA) is 272 Å². The highest BCUT2D eigenvalue weighted by atomic mass is 35.5. The Kier molecular flexibility index (Phi) is 18.0. The predicted octanol–water partition coefficient (Wildman–Crippen LogP) is 3.18. The van der Waals surface area contributed by atoms with Crippen molar-refractivity contribution in [2.24, 2.45) is 5.92 Å². The first-order valence-corrected chi connectivity index (χ1v) is 25.2. The van der Waals surface area contributed by atoms with Gasteiger partial charge in [-0.1, -0.05) is 67.9 Å². The van der Waals surface area contributed by atoms with Gasteiger partial charge in [-0.15, -0.1) is 12.4 Å². The smallest absolute Gasteiger partial charge is 0.280 e. The zero-order chi connectivity index (χ0) is 49.3. The molecule has 4 aliphatic heterocycles. The number of likely N-dealkylation sites (tertiary alicyclic amines) is 1. The second-order valence-corrected chi connectivity index (χ2v) is 20.2. The van der Waals surface area contributed by atoms with E-state index in [0.29, 0.717) is 67.2 Å². The van der Waals surface area contributed by atoms with Crippen LogP contribution in [-0.4, -0.2) is 161 Å². The lowest BCUT2D eigenvalue weighted by atomic mass is 9.72. The molecule has 1 aromatic heterocycles. The highest BCUT2D eigenvalue weighted by Crippen LogP contribution is 2.47. The number of halogens is 2. The number of piperazine rings is 1. The lowest BCUT2D eigenvalue weighted by molar-refractivity contribution is -0.315. The summed E-state index contributed by atoms with van der Waals surface area (Å²) in [6, 6.07) is 17.5. The molecular weight excluding hydrogens is 968 g/mol. The van der Waals surface area contributed by atoms with E-state index in [1.807, 2.05) is 30.3 Å². The van der Waals surface area contributed by atoms with E-state index in [9.17, 15) is 32.7 Å². The summed E-state index contributed by atoms with van der Waals surface area (Å²) < 4.78 is 37.3. The zero-order valence-electron chi connectivity index (χ0n) is 40.2. The van der Waals surface area contributed by atoms with Crippen molar-refractivity contribution >= 4 is 74.3 Å². The second-order valence-electron chi connectivity index (χ2n) is 18.3. The number of hydrogen-bond donors (Lipinski definition) is 6. The van der Waals surface area contributed by atoms with Crippen molar-refractivity contribution in [3.05, 3.63) is 94.1 Å². The number of carbonyl (C=O) groups is 4. The highest BCUT2D eigenvalue weighted by molar-refractivity contribution is 7.85. The van der Waals surface area contributed by atoms with Crippen molar-refractivity contribution < 1.29 is 52.2 Å². The Morgan fingerprint density at radius 1 is 1.10 bits per heavy atom. The van der Waals surface area contributed by atoms with Crippen LogP contribution in [0.3, 0.4) is 0 Å². The SMILES string of the molecule is CCN(CC)CCNC(=O)c1cc(Cl)c(N)cc1OC.CN1C[C@H](C(=O)N[C@]2(C)O[C@@]3(O)[C@@H]4CCCN4C(=O)[C@H](Cc4ccccc4)N3C2=O)C[C@@H]2c3cccc4[nH]cc(c34)C[C@H]21.CS(=O)(=O)O.Cl.O. The third-order valence-electron chi connectivity index (χ3n) is 13.8. The number of fused-ring (bicyclic) bond motifs is 5. The highest BCUT2D eigenvalue weighted by Gasteiger charge is 2.70. The van der Waals surface area contributed by atoms with Gasteiger partial charge in [0.1, 0.15) is 17.8 Å². The molecule has 0 spiro atoms. The van der Waals surface area contributed by atoms with E-state index < -0.39 is 39.7 Å². The van der Waals surface area contributed by atoms with Gasteiger partial charge in [-0.05, 0) is 81.6 Å². The fourth-order valence-corrected chi connectivity index (χ4v) is 10.7. The van der Waals surface area contributed by atoms with Crippen LogP contribution in [0, 0.1) is 5.92 Å². The molecule has 4 aromatic rings. The molecule has 5 heterocycles. The number of hydrogen-bond acceptors (Lipinski definition) is 12. The molecule has 9 N–H and O–H groups in total. The van der Waals surface area contributed by atoms with Crippen LogP contribution in [0.15, 0.2) is 66.9 Å². The van der Waals surface area contributed by atoms with E-state index >= 15 is 0 Å². The Bertz CT molecular complexity index is 2630. The lowest BCUT2D eigenvalue weighted by Gasteiger charge is -2.48. The number of anilines is 1. The first-order valence-electron chi connectivity index (χ1n) is 23.0. The minimum absolute atomic E-state index is 0. The Hall–Kier alpha value is -5.03. The number of carbonyl (C=O) groups excluding carboxylic acids is 4. The molecule has 3 aromatic carbocycles. The number of nitrogen functional groups attached to an aromatic ring is 1. The predicted molar refractivity (Wildman–Crippen MR) is 268 cm³/mol. The molecule has 0 radical (unpaired) electrons. The van der Waals surface area contributed by atoms with Gasteiger partial charge in [-0.2, -0.15) is 8.42 Å². The van der Waals surface area contributed by atoms with Gasteiger partial charge in [0.15, 0.2) is 0 Å². The lowest BCUT2D eigenvalue weighted by Crippen LogP contribution is -2.71. The van der Waals surface area contributed by atoms with Gasteiger partial charge in [0.25, 0.3) is 27.8 Å². The Morgan fingerprint density at radius 2 is 1.79 bits per heavy atom. The number of amides is 4. The van der Waals surface area contributed by atoms with E-state index in [4.69, 9.17) is 31.4 Å². The van der Waals surface area contributed by atoms with Crippen LogP contribution in [0.25, 0.3) is 10.9 Å². The minimum atomic E-state index is -3.67. The van der Waals surface area contributed by atoms with Crippen LogP contribution >= 0.6 is 24.0 Å². The van der Waals surface area contributed by atoms with Gasteiger partial charge in [-0.25, -0.2) is 0 Å². The summed E-state index contributed by atoms with van der Waals surface area (Å²) in [6.45, 7) is 10.0. The number of nitrogens with zero attached hydrogens (tertiary/aromatic N) is 4. The van der Waals surface area contributed by atoms with Crippen molar-refractivity contribution in [2.75, 3.05) is 65.4 Å². The van der Waals surface area contributed by atoms with E-state index in [2.05, 4.69) is 70.7 Å². The quantitative estimate of drug-likeness (QED) is 0.0932. The summed E-state index contributed by atoms with van der Waals surface area (Å²) in [5.74, 6) is -3.10. The van der Waals surface area contributed by atoms with Crippen molar-refractivity contribution in [3.63, 3.8) is 0 Å². The molecule has 7 atom stereocenters. The summed E-state index contributed by atoms with van der Waals surface area (Å²) in [5, 5.41) is 19.4. The molecule has 4 amide bonds. The second kappa shape index (κ2) is 22.6. The van der Waals surface area contributed by atoms with Gasteiger partial charge >= 0.3 is 0 Å². The van der Waals surface area contributed by atoms with Crippen LogP contribution in [0.5, 0.6) is 5.75 Å². The van der Waals surface area contributed by atoms with Crippen molar-refractivity contribution in [2.45, 2.75) is 88.6 Å². The van der Waals surface area contributed by atoms with E-state index in [1.165, 1.54) is 41.5 Å². The Morgan fingerprint density at radius 3 is 2.44 bits per heavy atom. The Labute approximate surface area is 419 Å². The molecule has 19 nitrogen and oxygen atoms in total. The minimum Gasteiger partial charge on any atom is -0.496 e. The standard InChI is InChI=1S/C33H37N5O5.C14H22ClN3O2.CH4O3S.ClH.H2O/c1-32(35-29(39)21-15-23-22-10-6-11-24-28(22)20(17-34-24)16-25(23)36(2)18-21)31(41)38-26(14-19-8-4-3-5-9-19)30(40)37-13-7-12-27(37)33(38,42)43-32;1-4-18(5-2)7-6-17-14(19)10-8-11(15)12(16)9-13(10)20-3;1-5(2,3)4;;/h3-6,8-11,17,21,23,25-27,34,42H,7,12-16,18H2,1-2H3,(H,35,39);8-9H,4-7,16H2,1-3H3,(H,17,19);1H3,(H,2,3,4);1H;1H2/t21-,23-,25-,26+,27+,32-,33+;;;;/m1..../s1. The van der Waals surface area contributed by atoms with Gasteiger partial charge in [0.2, 0.25) is 17.5 Å². The number of aromatic amines is 1. The number of likely N-dealkylation sites (N-methyl/N-ethyl adjacent to an activating group) is 2. The van der Waals surface area contributed by atoms with Crippen molar-refractivity contribution in [1.82, 2.24) is 35.2 Å². The molecule has 4 saturated heterocycles. The molecule has 1 aliphatic carbocycles. The first-order chi connectivity index (χ1) is 32.2. The molecule has 5 aliphatic rings. The monoisotopic (exact) mass is 1030 g/mol. The molecule has 9 rings (SSSR count). The molecule has 0 unspecified atom stereocenters. The maximum absolute atomic E-state index is 14.2. The van der Waals surface area contributed by atoms with Crippen molar-refractivity contribution in [3.8, 4) is 5.75 Å². The van der Waals surface area contributed by atoms with Crippen LogP contribution in [0.2, 0.25) is 5.02 Å². The number of piperidine rings is 1. The van der Waals surface area contributed by atoms with Crippen LogP contribution in [0.4, 0.5) is 5.69 Å².